The van der Waals surface area contributed by atoms with Crippen LogP contribution in [0.4, 0.5) is 0 Å². The van der Waals surface area contributed by atoms with Gasteiger partial charge in [-0.2, -0.15) is 0 Å². The van der Waals surface area contributed by atoms with Crippen molar-refractivity contribution in [3.05, 3.63) is 0 Å². The Labute approximate surface area is 119 Å². The average Bonchev–Trinajstić information content (AvgIpc) is 2.29. The van der Waals surface area contributed by atoms with Crippen LogP contribution in [0.1, 0.15) is 52.9 Å². The first-order valence-electron chi connectivity index (χ1n) is 7.09. The molecule has 0 amide bonds. The van der Waals surface area contributed by atoms with Crippen molar-refractivity contribution in [3.63, 3.8) is 0 Å². The molecular weight excluding hydrogens is 268 g/mol. The Kier molecular flexibility index (Phi) is 11.5. The zero-order valence-corrected chi connectivity index (χ0v) is 14.1. The largest absolute Gasteiger partial charge is 0.497 e. The fourth-order valence-electron chi connectivity index (χ4n) is 1.94. The number of hydrogen-bond donors (Lipinski definition) is 0. The zero-order valence-electron chi connectivity index (χ0n) is 12.3. The lowest BCUT2D eigenvalue weighted by Gasteiger charge is -2.28. The Morgan fingerprint density at radius 3 is 2.06 bits per heavy atom. The van der Waals surface area contributed by atoms with E-state index >= 15 is 0 Å². The van der Waals surface area contributed by atoms with E-state index in [-0.39, 0.29) is 6.10 Å². The lowest BCUT2D eigenvalue weighted by Crippen LogP contribution is -2.45. The predicted octanol–water partition coefficient (Wildman–Crippen LogP) is 4.22. The Morgan fingerprint density at radius 2 is 1.56 bits per heavy atom. The lowest BCUT2D eigenvalue weighted by atomic mass is 10.1. The van der Waals surface area contributed by atoms with Crippen molar-refractivity contribution in [3.8, 4) is 0 Å². The second-order valence-electron chi connectivity index (χ2n) is 4.55. The summed E-state index contributed by atoms with van der Waals surface area (Å²) >= 11 is 5.65. The molecule has 0 aliphatic heterocycles. The van der Waals surface area contributed by atoms with Crippen LogP contribution in [0.5, 0.6) is 0 Å². The van der Waals surface area contributed by atoms with Crippen LogP contribution in [0.15, 0.2) is 0 Å². The average molecular weight is 297 g/mol. The molecule has 0 spiro atoms. The van der Waals surface area contributed by atoms with Crippen molar-refractivity contribution in [2.75, 3.05) is 19.1 Å². The Bertz CT molecular complexity index is 187. The first-order valence-corrected chi connectivity index (χ1v) is 9.85. The van der Waals surface area contributed by atoms with E-state index in [1.165, 1.54) is 19.3 Å². The molecule has 0 saturated carbocycles. The smallest absolute Gasteiger partial charge is 0.374 e. The molecule has 1 atom stereocenters. The number of hydrogen-bond acceptors (Lipinski definition) is 3. The molecule has 0 aliphatic rings. The van der Waals surface area contributed by atoms with Gasteiger partial charge >= 0.3 is 8.80 Å². The van der Waals surface area contributed by atoms with Gasteiger partial charge in [-0.05, 0) is 33.6 Å². The van der Waals surface area contributed by atoms with Crippen LogP contribution in [0.2, 0.25) is 6.55 Å². The number of alkyl halides is 1. The van der Waals surface area contributed by atoms with Crippen molar-refractivity contribution < 1.29 is 13.3 Å². The van der Waals surface area contributed by atoms with E-state index in [0.717, 1.165) is 18.7 Å². The van der Waals surface area contributed by atoms with E-state index < -0.39 is 8.80 Å². The minimum atomic E-state index is -2.41. The first-order chi connectivity index (χ1) is 8.58. The van der Waals surface area contributed by atoms with Gasteiger partial charge in [0.15, 0.2) is 0 Å². The second-order valence-corrected chi connectivity index (χ2v) is 7.46. The minimum Gasteiger partial charge on any atom is -0.374 e. The summed E-state index contributed by atoms with van der Waals surface area (Å²) in [6, 6.07) is 0. The molecule has 0 aliphatic carbocycles. The molecule has 1 unspecified atom stereocenters. The van der Waals surface area contributed by atoms with Crippen molar-refractivity contribution in [1.29, 1.82) is 0 Å². The van der Waals surface area contributed by atoms with Crippen LogP contribution in [-0.2, 0) is 13.3 Å². The quantitative estimate of drug-likeness (QED) is 0.306. The topological polar surface area (TPSA) is 27.7 Å². The van der Waals surface area contributed by atoms with Gasteiger partial charge in [0.2, 0.25) is 0 Å². The zero-order chi connectivity index (χ0) is 13.9. The third-order valence-corrected chi connectivity index (χ3v) is 5.45. The maximum atomic E-state index is 5.99. The first kappa shape index (κ1) is 18.4. The second kappa shape index (κ2) is 11.2. The Morgan fingerprint density at radius 1 is 1.00 bits per heavy atom. The highest BCUT2D eigenvalue weighted by Crippen LogP contribution is 2.16. The third kappa shape index (κ3) is 9.33. The molecule has 0 aromatic heterocycles. The third-order valence-electron chi connectivity index (χ3n) is 2.72. The minimum absolute atomic E-state index is 0.204. The molecule has 110 valence electrons. The van der Waals surface area contributed by atoms with E-state index in [0.29, 0.717) is 13.2 Å². The summed E-state index contributed by atoms with van der Waals surface area (Å²) in [5.41, 5.74) is 0. The van der Waals surface area contributed by atoms with Crippen molar-refractivity contribution >= 4 is 20.4 Å². The summed E-state index contributed by atoms with van der Waals surface area (Å²) in [4.78, 5) is 0. The number of unbranched alkanes of at least 4 members (excludes halogenated alkanes) is 3. The fourth-order valence-corrected chi connectivity index (χ4v) is 4.24. The highest BCUT2D eigenvalue weighted by Gasteiger charge is 2.35. The number of rotatable bonds is 12. The molecular formula is C13H29ClO3Si. The van der Waals surface area contributed by atoms with Crippen molar-refractivity contribution in [1.82, 2.24) is 0 Å². The van der Waals surface area contributed by atoms with Crippen LogP contribution in [0.25, 0.3) is 0 Å². The molecule has 0 heterocycles. The normalized spacial score (nSPS) is 13.8. The summed E-state index contributed by atoms with van der Waals surface area (Å²) in [6.45, 7) is 9.32. The van der Waals surface area contributed by atoms with Crippen LogP contribution in [0.3, 0.4) is 0 Å². The summed E-state index contributed by atoms with van der Waals surface area (Å²) < 4.78 is 17.3. The van der Waals surface area contributed by atoms with Crippen molar-refractivity contribution in [2.24, 2.45) is 0 Å². The Hall–Kier alpha value is 0.387. The lowest BCUT2D eigenvalue weighted by molar-refractivity contribution is 0.0407. The SMILES string of the molecule is CCO[Si](C)(OCC)OC(C)CCCCCCCl. The summed E-state index contributed by atoms with van der Waals surface area (Å²) in [6.07, 6.45) is 5.99. The van der Waals surface area contributed by atoms with Gasteiger partial charge in [0.1, 0.15) is 0 Å². The predicted molar refractivity (Wildman–Crippen MR) is 79.2 cm³/mol. The van der Waals surface area contributed by atoms with E-state index in [2.05, 4.69) is 6.92 Å². The van der Waals surface area contributed by atoms with Crippen LogP contribution >= 0.6 is 11.6 Å². The molecule has 3 nitrogen and oxygen atoms in total. The fraction of sp³-hybridized carbons (Fsp3) is 1.00. The molecule has 0 aromatic rings. The van der Waals surface area contributed by atoms with Gasteiger partial charge < -0.3 is 13.3 Å². The molecule has 5 heteroatoms. The maximum Gasteiger partial charge on any atom is 0.497 e. The molecule has 0 N–H and O–H groups in total. The van der Waals surface area contributed by atoms with Gasteiger partial charge in [-0.1, -0.05) is 19.3 Å². The van der Waals surface area contributed by atoms with Crippen molar-refractivity contribution in [2.45, 2.75) is 65.5 Å². The molecule has 18 heavy (non-hydrogen) atoms. The maximum absolute atomic E-state index is 5.99. The molecule has 0 fully saturated rings. The van der Waals surface area contributed by atoms with Gasteiger partial charge in [0, 0.05) is 31.7 Å². The summed E-state index contributed by atoms with van der Waals surface area (Å²) in [7, 11) is -2.41. The van der Waals surface area contributed by atoms with Crippen LogP contribution in [0, 0.1) is 0 Å². The van der Waals surface area contributed by atoms with Gasteiger partial charge in [0.25, 0.3) is 0 Å². The van der Waals surface area contributed by atoms with E-state index in [4.69, 9.17) is 24.9 Å². The molecule has 0 radical (unpaired) electrons. The van der Waals surface area contributed by atoms with Gasteiger partial charge in [0.05, 0.1) is 0 Å². The van der Waals surface area contributed by atoms with E-state index in [1.807, 2.05) is 20.4 Å². The van der Waals surface area contributed by atoms with Gasteiger partial charge in [-0.3, -0.25) is 0 Å². The van der Waals surface area contributed by atoms with E-state index in [1.54, 1.807) is 0 Å². The summed E-state index contributed by atoms with van der Waals surface area (Å²) in [5, 5.41) is 0. The summed E-state index contributed by atoms with van der Waals surface area (Å²) in [5.74, 6) is 0.770. The molecule has 0 rings (SSSR count). The molecule has 0 saturated heterocycles. The standard InChI is InChI=1S/C13H29ClO3Si/c1-5-15-18(4,16-6-2)17-13(3)11-9-7-8-10-12-14/h13H,5-12H2,1-4H3. The van der Waals surface area contributed by atoms with E-state index in [9.17, 15) is 0 Å². The highest BCUT2D eigenvalue weighted by molar-refractivity contribution is 6.59. The molecule has 0 aromatic carbocycles. The number of halogens is 1. The highest BCUT2D eigenvalue weighted by atomic mass is 35.5. The van der Waals surface area contributed by atoms with Crippen LogP contribution < -0.4 is 0 Å². The monoisotopic (exact) mass is 296 g/mol. The molecule has 0 bridgehead atoms. The van der Waals surface area contributed by atoms with Gasteiger partial charge in [-0.15, -0.1) is 11.6 Å². The Balaban J connectivity index is 3.83. The van der Waals surface area contributed by atoms with Gasteiger partial charge in [-0.25, -0.2) is 0 Å². The van der Waals surface area contributed by atoms with Crippen LogP contribution in [-0.4, -0.2) is 34.0 Å².